The molecule has 6 fully saturated rings. The van der Waals surface area contributed by atoms with Crippen LogP contribution in [0.4, 0.5) is 0 Å². The van der Waals surface area contributed by atoms with E-state index in [-0.39, 0.29) is 96.0 Å². The number of rotatable bonds is 18. The quantitative estimate of drug-likeness (QED) is 0.0445. The molecule has 0 unspecified atom stereocenters. The average molecular weight is 1020 g/mol. The van der Waals surface area contributed by atoms with Gasteiger partial charge in [0.2, 0.25) is 0 Å². The van der Waals surface area contributed by atoms with Crippen LogP contribution in [0, 0.1) is 47.3 Å². The van der Waals surface area contributed by atoms with Crippen LogP contribution in [0.3, 0.4) is 0 Å². The second kappa shape index (κ2) is 28.0. The molecule has 0 aromatic heterocycles. The molecule has 0 spiro atoms. The zero-order chi connectivity index (χ0) is 51.7. The number of esters is 7. The van der Waals surface area contributed by atoms with Gasteiger partial charge in [0.25, 0.3) is 0 Å². The van der Waals surface area contributed by atoms with E-state index >= 15 is 0 Å². The van der Waals surface area contributed by atoms with E-state index in [1.807, 2.05) is 0 Å². The molecule has 14 heteroatoms. The van der Waals surface area contributed by atoms with Crippen molar-refractivity contribution in [2.45, 2.75) is 212 Å². The standard InChI is InChI=1S/C59H82O14/c1-4-38-11-15-40(16-12-38)54(61)68-47-27-19-42(20-28-47)56(63)70-49-31-23-44(24-32-49)58(65)72-51-35-36-52(46(37-51)9-7-8-10-53(60)67-6-3)73-59(66)45-25-33-50(34-26-45)71-57(64)43-21-29-48(30-22-43)69-55(62)41-17-13-39(5-2)14-18-41/h7-10,35-45,47-50H,4-6,11-34H2,1-3H3/b9-7+,10-8+/t38?,39?,40?,41?,42?,43-,44?,45?,47?,48-,49?,50?. The van der Waals surface area contributed by atoms with E-state index in [4.69, 9.17) is 33.2 Å². The van der Waals surface area contributed by atoms with Crippen molar-refractivity contribution in [1.29, 1.82) is 0 Å². The summed E-state index contributed by atoms with van der Waals surface area (Å²) >= 11 is 0. The van der Waals surface area contributed by atoms with Gasteiger partial charge in [0, 0.05) is 11.6 Å². The maximum atomic E-state index is 13.6. The van der Waals surface area contributed by atoms with Crippen LogP contribution in [-0.2, 0) is 57.2 Å². The summed E-state index contributed by atoms with van der Waals surface area (Å²) < 4.78 is 40.5. The SMILES string of the molecule is CCOC(=O)/C=C/C=C/c1cc(OC(=O)C2CCC(OC(=O)C3CCC(OC(=O)C4CCC(CC)CC4)CC3)CC2)ccc1OC(=O)C1CCC(OC(=O)[C@H]2CC[C@H](OC(=O)C3CCC(CC)CC3)CC2)CC1. The Morgan fingerprint density at radius 3 is 1.12 bits per heavy atom. The summed E-state index contributed by atoms with van der Waals surface area (Å²) in [5.74, 6) is -1.22. The third-order valence-corrected chi connectivity index (χ3v) is 17.0. The van der Waals surface area contributed by atoms with Gasteiger partial charge in [-0.1, -0.05) is 44.9 Å². The van der Waals surface area contributed by atoms with E-state index < -0.39 is 23.8 Å². The summed E-state index contributed by atoms with van der Waals surface area (Å²) in [5, 5.41) is 0. The number of carbonyl (C=O) groups is 7. The first-order valence-electron chi connectivity index (χ1n) is 28.3. The van der Waals surface area contributed by atoms with E-state index in [0.717, 1.165) is 64.2 Å². The molecule has 7 rings (SSSR count). The Morgan fingerprint density at radius 2 is 0.767 bits per heavy atom. The largest absolute Gasteiger partial charge is 0.463 e. The monoisotopic (exact) mass is 1010 g/mol. The Labute approximate surface area is 432 Å². The van der Waals surface area contributed by atoms with Gasteiger partial charge in [-0.05, 0) is 191 Å². The van der Waals surface area contributed by atoms with Gasteiger partial charge in [-0.3, -0.25) is 28.8 Å². The lowest BCUT2D eigenvalue weighted by Crippen LogP contribution is -2.34. The minimum Gasteiger partial charge on any atom is -0.463 e. The average Bonchev–Trinajstić information content (AvgIpc) is 3.41. The van der Waals surface area contributed by atoms with E-state index in [0.29, 0.717) is 120 Å². The van der Waals surface area contributed by atoms with Crippen LogP contribution in [0.5, 0.6) is 11.5 Å². The predicted molar refractivity (Wildman–Crippen MR) is 271 cm³/mol. The van der Waals surface area contributed by atoms with Crippen LogP contribution in [0.15, 0.2) is 36.4 Å². The summed E-state index contributed by atoms with van der Waals surface area (Å²) in [7, 11) is 0. The van der Waals surface area contributed by atoms with Gasteiger partial charge >= 0.3 is 41.8 Å². The van der Waals surface area contributed by atoms with Crippen molar-refractivity contribution in [2.75, 3.05) is 6.61 Å². The number of carbonyl (C=O) groups excluding carboxylic acids is 7. The van der Waals surface area contributed by atoms with Crippen molar-refractivity contribution >= 4 is 47.9 Å². The first-order valence-corrected chi connectivity index (χ1v) is 28.3. The van der Waals surface area contributed by atoms with E-state index in [1.165, 1.54) is 12.2 Å². The molecular weight excluding hydrogens is 933 g/mol. The molecule has 1 aromatic carbocycles. The van der Waals surface area contributed by atoms with Crippen LogP contribution in [0.1, 0.15) is 193 Å². The normalized spacial score (nSPS) is 30.9. The molecule has 6 aliphatic carbocycles. The molecule has 0 amide bonds. The third kappa shape index (κ3) is 16.7. The number of hydrogen-bond donors (Lipinski definition) is 0. The molecule has 0 bridgehead atoms. The zero-order valence-electron chi connectivity index (χ0n) is 43.8. The van der Waals surface area contributed by atoms with Crippen LogP contribution < -0.4 is 9.47 Å². The Kier molecular flexibility index (Phi) is 21.4. The van der Waals surface area contributed by atoms with Gasteiger partial charge in [-0.2, -0.15) is 0 Å². The summed E-state index contributed by atoms with van der Waals surface area (Å²) in [6, 6.07) is 4.78. The van der Waals surface area contributed by atoms with Crippen LogP contribution in [0.25, 0.3) is 6.08 Å². The van der Waals surface area contributed by atoms with Crippen molar-refractivity contribution in [1.82, 2.24) is 0 Å². The fourth-order valence-electron chi connectivity index (χ4n) is 12.0. The molecule has 0 heterocycles. The van der Waals surface area contributed by atoms with Crippen LogP contribution >= 0.6 is 0 Å². The van der Waals surface area contributed by atoms with E-state index in [1.54, 1.807) is 37.3 Å². The molecule has 1 aromatic rings. The molecule has 0 saturated heterocycles. The second-order valence-corrected chi connectivity index (χ2v) is 21.9. The molecule has 6 aliphatic rings. The lowest BCUT2D eigenvalue weighted by Gasteiger charge is -2.32. The highest BCUT2D eigenvalue weighted by Crippen LogP contribution is 2.38. The maximum absolute atomic E-state index is 13.6. The lowest BCUT2D eigenvalue weighted by atomic mass is 9.81. The number of allylic oxidation sites excluding steroid dienone is 2. The third-order valence-electron chi connectivity index (χ3n) is 17.0. The first-order chi connectivity index (χ1) is 35.4. The molecule has 73 heavy (non-hydrogen) atoms. The topological polar surface area (TPSA) is 184 Å². The van der Waals surface area contributed by atoms with Crippen molar-refractivity contribution in [3.05, 3.63) is 42.0 Å². The van der Waals surface area contributed by atoms with Crippen molar-refractivity contribution in [3.8, 4) is 11.5 Å². The molecule has 0 aliphatic heterocycles. The van der Waals surface area contributed by atoms with Gasteiger partial charge in [-0.15, -0.1) is 0 Å². The van der Waals surface area contributed by atoms with E-state index in [2.05, 4.69) is 13.8 Å². The van der Waals surface area contributed by atoms with Gasteiger partial charge < -0.3 is 33.2 Å². The van der Waals surface area contributed by atoms with Gasteiger partial charge in [0.1, 0.15) is 35.9 Å². The van der Waals surface area contributed by atoms with Gasteiger partial charge in [-0.25, -0.2) is 4.79 Å². The van der Waals surface area contributed by atoms with Gasteiger partial charge in [0.05, 0.1) is 42.1 Å². The highest BCUT2D eigenvalue weighted by molar-refractivity contribution is 5.83. The lowest BCUT2D eigenvalue weighted by molar-refractivity contribution is -0.164. The summed E-state index contributed by atoms with van der Waals surface area (Å²) in [5.41, 5.74) is 0.454. The Bertz CT molecular complexity index is 2060. The number of hydrogen-bond acceptors (Lipinski definition) is 14. The van der Waals surface area contributed by atoms with Crippen molar-refractivity contribution in [2.24, 2.45) is 47.3 Å². The van der Waals surface area contributed by atoms with E-state index in [9.17, 15) is 33.6 Å². The molecule has 0 atom stereocenters. The first kappa shape index (κ1) is 55.7. The smallest absolute Gasteiger partial charge is 0.330 e. The molecular formula is C59H82O14. The molecule has 6 saturated carbocycles. The minimum absolute atomic E-state index is 0.00298. The molecule has 0 N–H and O–H groups in total. The van der Waals surface area contributed by atoms with Crippen LogP contribution in [-0.4, -0.2) is 72.8 Å². The zero-order valence-corrected chi connectivity index (χ0v) is 43.8. The van der Waals surface area contributed by atoms with Crippen molar-refractivity contribution < 1.29 is 66.7 Å². The Hall–Kier alpha value is -5.01. The summed E-state index contributed by atoms with van der Waals surface area (Å²) in [4.78, 5) is 91.1. The fraction of sp³-hybridized carbons (Fsp3) is 0.712. The fourth-order valence-corrected chi connectivity index (χ4v) is 12.0. The van der Waals surface area contributed by atoms with Gasteiger partial charge in [0.15, 0.2) is 0 Å². The Balaban J connectivity index is 0.829. The Morgan fingerprint density at radius 1 is 0.425 bits per heavy atom. The number of ether oxygens (including phenoxy) is 7. The highest BCUT2D eigenvalue weighted by atomic mass is 16.6. The highest BCUT2D eigenvalue weighted by Gasteiger charge is 2.38. The van der Waals surface area contributed by atoms with Crippen molar-refractivity contribution in [3.63, 3.8) is 0 Å². The minimum atomic E-state index is -0.502. The molecule has 0 radical (unpaired) electrons. The van der Waals surface area contributed by atoms with Crippen LogP contribution in [0.2, 0.25) is 0 Å². The second-order valence-electron chi connectivity index (χ2n) is 21.9. The maximum Gasteiger partial charge on any atom is 0.330 e. The molecule has 14 nitrogen and oxygen atoms in total. The number of benzene rings is 1. The summed E-state index contributed by atoms with van der Waals surface area (Å²) in [6.07, 6.45) is 24.7. The molecule has 402 valence electrons. The summed E-state index contributed by atoms with van der Waals surface area (Å²) in [6.45, 7) is 6.37. The predicted octanol–water partition coefficient (Wildman–Crippen LogP) is 11.5.